The van der Waals surface area contributed by atoms with Crippen LogP contribution >= 0.6 is 0 Å². The van der Waals surface area contributed by atoms with Crippen molar-refractivity contribution in [2.45, 2.75) is 52.1 Å². The van der Waals surface area contributed by atoms with Crippen molar-refractivity contribution in [3.05, 3.63) is 29.2 Å². The van der Waals surface area contributed by atoms with E-state index in [1.807, 2.05) is 33.8 Å². The summed E-state index contributed by atoms with van der Waals surface area (Å²) in [5.41, 5.74) is 2.50. The predicted octanol–water partition coefficient (Wildman–Crippen LogP) is 0.378. The van der Waals surface area contributed by atoms with E-state index in [-0.39, 0.29) is 24.4 Å². The molecule has 0 bridgehead atoms. The number of fused-ring (bicyclic) bond motifs is 1. The lowest BCUT2D eigenvalue weighted by molar-refractivity contribution is -0.586. The van der Waals surface area contributed by atoms with Crippen LogP contribution in [0.2, 0.25) is 0 Å². The average molecular weight is 398 g/mol. The number of carbonyl (C=O) groups is 2. The van der Waals surface area contributed by atoms with E-state index in [0.717, 1.165) is 29.9 Å². The van der Waals surface area contributed by atoms with Crippen LogP contribution in [-0.4, -0.2) is 58.0 Å². The molecule has 0 spiro atoms. The van der Waals surface area contributed by atoms with Gasteiger partial charge in [-0.3, -0.25) is 9.59 Å². The van der Waals surface area contributed by atoms with Crippen molar-refractivity contribution in [2.75, 3.05) is 19.6 Å². The molecule has 1 aliphatic heterocycles. The molecule has 1 aliphatic rings. The largest absolute Gasteiger partial charge is 0.350 e. The Hall–Kier alpha value is -2.99. The summed E-state index contributed by atoms with van der Waals surface area (Å²) in [6.07, 6.45) is 3.17. The summed E-state index contributed by atoms with van der Waals surface area (Å²) in [4.78, 5) is 31.0. The van der Waals surface area contributed by atoms with Crippen LogP contribution in [0.15, 0.2) is 12.3 Å². The third-order valence-electron chi connectivity index (χ3n) is 5.29. The maximum absolute atomic E-state index is 12.7. The van der Waals surface area contributed by atoms with Crippen molar-refractivity contribution in [3.63, 3.8) is 0 Å². The molecule has 0 aromatic carbocycles. The van der Waals surface area contributed by atoms with Crippen LogP contribution in [0, 0.1) is 25.2 Å². The number of likely N-dealkylation sites (tertiary alicyclic amines) is 1. The molecule has 1 saturated heterocycles. The molecule has 3 heterocycles. The van der Waals surface area contributed by atoms with E-state index in [9.17, 15) is 9.59 Å². The maximum atomic E-state index is 12.7. The molecule has 3 N–H and O–H groups in total. The van der Waals surface area contributed by atoms with Crippen molar-refractivity contribution in [1.82, 2.24) is 25.6 Å². The molecule has 0 radical (unpaired) electrons. The molecule has 29 heavy (non-hydrogen) atoms. The summed E-state index contributed by atoms with van der Waals surface area (Å²) in [6, 6.07) is 3.77. The van der Waals surface area contributed by atoms with Crippen molar-refractivity contribution >= 4 is 17.5 Å². The van der Waals surface area contributed by atoms with Gasteiger partial charge in [-0.2, -0.15) is 5.26 Å². The molecule has 154 valence electrons. The van der Waals surface area contributed by atoms with Gasteiger partial charge in [-0.05, 0) is 38.6 Å². The second-order valence-electron chi connectivity index (χ2n) is 8.18. The van der Waals surface area contributed by atoms with Crippen LogP contribution in [-0.2, 0) is 4.79 Å². The number of aromatic amines is 1. The minimum atomic E-state index is -0.491. The van der Waals surface area contributed by atoms with Gasteiger partial charge in [-0.1, -0.05) is 0 Å². The fourth-order valence-corrected chi connectivity index (χ4v) is 3.52. The Morgan fingerprint density at radius 3 is 2.93 bits per heavy atom. The summed E-state index contributed by atoms with van der Waals surface area (Å²) in [5.74, 6) is -0.306. The lowest BCUT2D eigenvalue weighted by atomic mass is 10.1. The molecule has 9 nitrogen and oxygen atoms in total. The van der Waals surface area contributed by atoms with Crippen molar-refractivity contribution in [3.8, 4) is 6.07 Å². The Bertz CT molecular complexity index is 973. The number of nitrogens with one attached hydrogen (secondary N) is 3. The Labute approximate surface area is 170 Å². The van der Waals surface area contributed by atoms with Crippen molar-refractivity contribution in [1.29, 1.82) is 5.26 Å². The first kappa shape index (κ1) is 20.7. The van der Waals surface area contributed by atoms with E-state index in [0.29, 0.717) is 18.7 Å². The van der Waals surface area contributed by atoms with Crippen LogP contribution in [0.4, 0.5) is 0 Å². The number of amides is 2. The smallest absolute Gasteiger partial charge is 0.348 e. The quantitative estimate of drug-likeness (QED) is 0.608. The minimum absolute atomic E-state index is 0.0857. The molecule has 2 aromatic heterocycles. The Morgan fingerprint density at radius 2 is 2.21 bits per heavy atom. The molecule has 1 fully saturated rings. The Kier molecular flexibility index (Phi) is 5.84. The van der Waals surface area contributed by atoms with E-state index in [1.54, 1.807) is 15.6 Å². The number of nitrogens with zero attached hydrogens (tertiary/aromatic N) is 4. The zero-order valence-corrected chi connectivity index (χ0v) is 17.4. The number of aromatic nitrogens is 3. The lowest BCUT2D eigenvalue weighted by Gasteiger charge is -2.28. The second-order valence-corrected chi connectivity index (χ2v) is 8.18. The first-order valence-electron chi connectivity index (χ1n) is 9.81. The highest BCUT2D eigenvalue weighted by Gasteiger charge is 2.30. The molecule has 0 saturated carbocycles. The van der Waals surface area contributed by atoms with E-state index in [4.69, 9.17) is 5.26 Å². The third kappa shape index (κ3) is 4.54. The number of hydrogen-bond donors (Lipinski definition) is 3. The highest BCUT2D eigenvalue weighted by atomic mass is 16.2. The number of nitriles is 1. The Morgan fingerprint density at radius 1 is 1.45 bits per heavy atom. The molecule has 0 aliphatic carbocycles. The van der Waals surface area contributed by atoms with E-state index in [1.165, 1.54) is 0 Å². The molecular formula is C20H28N7O2+. The van der Waals surface area contributed by atoms with Gasteiger partial charge in [0, 0.05) is 25.6 Å². The van der Waals surface area contributed by atoms with E-state index >= 15 is 0 Å². The van der Waals surface area contributed by atoms with Gasteiger partial charge in [0.15, 0.2) is 6.20 Å². The fraction of sp³-hybridized carbons (Fsp3) is 0.550. The number of hydrogen-bond acceptors (Lipinski definition) is 5. The first-order chi connectivity index (χ1) is 13.7. The average Bonchev–Trinajstić information content (AvgIpc) is 3.31. The minimum Gasteiger partial charge on any atom is -0.350 e. The lowest BCUT2D eigenvalue weighted by Crippen LogP contribution is -2.53. The van der Waals surface area contributed by atoms with Gasteiger partial charge in [-0.25, -0.2) is 5.10 Å². The topological polar surface area (TPSA) is 118 Å². The predicted molar refractivity (Wildman–Crippen MR) is 106 cm³/mol. The van der Waals surface area contributed by atoms with Crippen LogP contribution in [0.1, 0.15) is 48.4 Å². The van der Waals surface area contributed by atoms with Gasteiger partial charge in [-0.15, -0.1) is 4.52 Å². The third-order valence-corrected chi connectivity index (χ3v) is 5.29. The standard InChI is InChI=1S/C20H27N7O2/c1-13-8-17-22-10-16(14(2)27(17)25-13)19(29)23-12-20(3,4)24-11-18(28)26-7-5-6-15(26)9-21/h8,10,15,24H,5-7,11-12H2,1-4H3,(H,23,29)/p+1/t15-/m0/s1. The molecule has 2 amide bonds. The SMILES string of the molecule is Cc1cc2ncc(C(=O)NCC(C)(C)NCC(=O)N3CCC[C@H]3C#N)c(C)[n+]2[nH]1. The molecule has 2 aromatic rings. The van der Waals surface area contributed by atoms with Crippen LogP contribution < -0.4 is 15.1 Å². The second kappa shape index (κ2) is 8.17. The van der Waals surface area contributed by atoms with Crippen molar-refractivity contribution < 1.29 is 14.1 Å². The van der Waals surface area contributed by atoms with Gasteiger partial charge in [0.05, 0.1) is 24.4 Å². The van der Waals surface area contributed by atoms with Gasteiger partial charge in [0.2, 0.25) is 5.91 Å². The van der Waals surface area contributed by atoms with Gasteiger partial charge in [0.25, 0.3) is 5.91 Å². The van der Waals surface area contributed by atoms with Gasteiger partial charge < -0.3 is 15.5 Å². The zero-order chi connectivity index (χ0) is 21.2. The zero-order valence-electron chi connectivity index (χ0n) is 17.4. The Balaban J connectivity index is 1.57. The number of aryl methyl sites for hydroxylation is 2. The summed E-state index contributed by atoms with van der Waals surface area (Å²) in [5, 5.41) is 18.4. The molecule has 0 unspecified atom stereocenters. The molecule has 3 rings (SSSR count). The van der Waals surface area contributed by atoms with E-state index in [2.05, 4.69) is 26.8 Å². The molecular weight excluding hydrogens is 370 g/mol. The fourth-order valence-electron chi connectivity index (χ4n) is 3.52. The van der Waals surface area contributed by atoms with Gasteiger partial charge in [0.1, 0.15) is 17.3 Å². The van der Waals surface area contributed by atoms with Crippen molar-refractivity contribution in [2.24, 2.45) is 0 Å². The highest BCUT2D eigenvalue weighted by Crippen LogP contribution is 2.16. The molecule has 1 atom stereocenters. The van der Waals surface area contributed by atoms with Crippen LogP contribution in [0.3, 0.4) is 0 Å². The number of rotatable bonds is 6. The number of carbonyl (C=O) groups excluding carboxylic acids is 2. The highest BCUT2D eigenvalue weighted by molar-refractivity contribution is 5.94. The first-order valence-corrected chi connectivity index (χ1v) is 9.81. The number of H-pyrrole nitrogens is 1. The normalized spacial score (nSPS) is 16.8. The molecule has 9 heteroatoms. The van der Waals surface area contributed by atoms with Gasteiger partial charge >= 0.3 is 5.65 Å². The van der Waals surface area contributed by atoms with Crippen LogP contribution in [0.5, 0.6) is 0 Å². The summed E-state index contributed by atoms with van der Waals surface area (Å²) in [6.45, 7) is 8.74. The van der Waals surface area contributed by atoms with Crippen LogP contribution in [0.25, 0.3) is 5.65 Å². The summed E-state index contributed by atoms with van der Waals surface area (Å²) >= 11 is 0. The summed E-state index contributed by atoms with van der Waals surface area (Å²) < 4.78 is 1.79. The maximum Gasteiger partial charge on any atom is 0.348 e. The summed E-state index contributed by atoms with van der Waals surface area (Å²) in [7, 11) is 0. The monoisotopic (exact) mass is 398 g/mol. The van der Waals surface area contributed by atoms with E-state index < -0.39 is 5.54 Å².